The van der Waals surface area contributed by atoms with Gasteiger partial charge in [0.2, 0.25) is 11.8 Å². The molecule has 1 atom stereocenters. The lowest BCUT2D eigenvalue weighted by Crippen LogP contribution is -2.53. The van der Waals surface area contributed by atoms with Crippen molar-refractivity contribution in [1.82, 2.24) is 9.80 Å². The summed E-state index contributed by atoms with van der Waals surface area (Å²) in [7, 11) is 0. The van der Waals surface area contributed by atoms with E-state index in [4.69, 9.17) is 9.84 Å². The molecule has 29 heavy (non-hydrogen) atoms. The van der Waals surface area contributed by atoms with E-state index in [0.717, 1.165) is 76.0 Å². The van der Waals surface area contributed by atoms with Gasteiger partial charge in [0.05, 0.1) is 19.1 Å². The number of aliphatic hydroxyl groups is 1. The van der Waals surface area contributed by atoms with Crippen LogP contribution in [0.15, 0.2) is 24.3 Å². The number of benzene rings is 1. The van der Waals surface area contributed by atoms with Gasteiger partial charge in [0.15, 0.2) is 0 Å². The number of piperidine rings is 2. The number of nitrogens with zero attached hydrogens (tertiary/aromatic N) is 2. The minimum atomic E-state index is 0.0226. The molecule has 1 spiro atoms. The number of amides is 2. The molecule has 3 aliphatic heterocycles. The van der Waals surface area contributed by atoms with Crippen LogP contribution in [0, 0.1) is 5.41 Å². The highest BCUT2D eigenvalue weighted by molar-refractivity contribution is 5.79. The Morgan fingerprint density at radius 3 is 2.52 bits per heavy atom. The second-order valence-corrected chi connectivity index (χ2v) is 8.94. The molecule has 3 aliphatic rings. The lowest BCUT2D eigenvalue weighted by Gasteiger charge is -2.47. The molecular formula is C23H32N2O4. The topological polar surface area (TPSA) is 70.1 Å². The summed E-state index contributed by atoms with van der Waals surface area (Å²) >= 11 is 0. The first-order chi connectivity index (χ1) is 14.1. The van der Waals surface area contributed by atoms with Crippen molar-refractivity contribution in [2.75, 3.05) is 32.8 Å². The summed E-state index contributed by atoms with van der Waals surface area (Å²) in [4.78, 5) is 29.2. The molecule has 0 radical (unpaired) electrons. The fraction of sp³-hybridized carbons (Fsp3) is 0.652. The summed E-state index contributed by atoms with van der Waals surface area (Å²) in [6.45, 7) is 3.93. The van der Waals surface area contributed by atoms with Gasteiger partial charge < -0.3 is 19.6 Å². The zero-order valence-electron chi connectivity index (χ0n) is 17.1. The van der Waals surface area contributed by atoms with Crippen LogP contribution in [0.1, 0.15) is 49.7 Å². The molecular weight excluding hydrogens is 368 g/mol. The molecule has 2 amide bonds. The number of carbonyl (C=O) groups excluding carboxylic acids is 2. The van der Waals surface area contributed by atoms with Gasteiger partial charge >= 0.3 is 0 Å². The summed E-state index contributed by atoms with van der Waals surface area (Å²) < 4.78 is 5.74. The lowest BCUT2D eigenvalue weighted by atomic mass is 9.72. The Labute approximate surface area is 172 Å². The number of hydrogen-bond donors (Lipinski definition) is 1. The van der Waals surface area contributed by atoms with E-state index in [9.17, 15) is 9.59 Å². The number of aliphatic hydroxyl groups excluding tert-OH is 1. The average Bonchev–Trinajstić information content (AvgIpc) is 3.25. The zero-order valence-corrected chi connectivity index (χ0v) is 17.1. The van der Waals surface area contributed by atoms with E-state index < -0.39 is 0 Å². The Balaban J connectivity index is 1.30. The van der Waals surface area contributed by atoms with Crippen molar-refractivity contribution in [3.8, 4) is 0 Å². The van der Waals surface area contributed by atoms with Gasteiger partial charge in [0.1, 0.15) is 0 Å². The number of rotatable bonds is 5. The van der Waals surface area contributed by atoms with Crippen molar-refractivity contribution in [2.45, 2.75) is 57.7 Å². The predicted molar refractivity (Wildman–Crippen MR) is 109 cm³/mol. The van der Waals surface area contributed by atoms with Gasteiger partial charge in [0.25, 0.3) is 0 Å². The highest BCUT2D eigenvalue weighted by Gasteiger charge is 2.42. The SMILES string of the molecule is O=C(Cc1ccc(CO)cc1)N1CCC2(CCC(=O)N(C[C@@H]3CCCO3)C2)CC1. The first-order valence-corrected chi connectivity index (χ1v) is 10.9. The number of hydrogen-bond acceptors (Lipinski definition) is 4. The molecule has 3 heterocycles. The molecule has 0 bridgehead atoms. The van der Waals surface area contributed by atoms with E-state index >= 15 is 0 Å². The Bertz CT molecular complexity index is 719. The number of carbonyl (C=O) groups is 2. The van der Waals surface area contributed by atoms with Gasteiger partial charge in [-0.05, 0) is 48.6 Å². The van der Waals surface area contributed by atoms with Gasteiger partial charge in [-0.15, -0.1) is 0 Å². The fourth-order valence-electron chi connectivity index (χ4n) is 4.99. The largest absolute Gasteiger partial charge is 0.392 e. The molecule has 1 aromatic carbocycles. The highest BCUT2D eigenvalue weighted by Crippen LogP contribution is 2.40. The van der Waals surface area contributed by atoms with Crippen molar-refractivity contribution in [3.05, 3.63) is 35.4 Å². The van der Waals surface area contributed by atoms with Gasteiger partial charge in [-0.1, -0.05) is 24.3 Å². The van der Waals surface area contributed by atoms with E-state index in [1.807, 2.05) is 34.1 Å². The molecule has 6 heteroatoms. The second kappa shape index (κ2) is 8.84. The zero-order chi connectivity index (χ0) is 20.3. The van der Waals surface area contributed by atoms with E-state index in [1.165, 1.54) is 0 Å². The van der Waals surface area contributed by atoms with E-state index in [2.05, 4.69) is 0 Å². The Morgan fingerprint density at radius 1 is 1.14 bits per heavy atom. The van der Waals surface area contributed by atoms with Crippen molar-refractivity contribution in [2.24, 2.45) is 5.41 Å². The van der Waals surface area contributed by atoms with Crippen LogP contribution < -0.4 is 0 Å². The monoisotopic (exact) mass is 400 g/mol. The standard InChI is InChI=1S/C23H32N2O4/c26-16-19-5-3-18(4-6-19)14-22(28)24-11-9-23(10-12-24)8-7-21(27)25(17-23)15-20-2-1-13-29-20/h3-6,20,26H,1-2,7-17H2/t20-/m0/s1. The van der Waals surface area contributed by atoms with Crippen LogP contribution >= 0.6 is 0 Å². The van der Waals surface area contributed by atoms with E-state index in [-0.39, 0.29) is 29.9 Å². The summed E-state index contributed by atoms with van der Waals surface area (Å²) in [5, 5.41) is 9.14. The smallest absolute Gasteiger partial charge is 0.226 e. The minimum Gasteiger partial charge on any atom is -0.392 e. The van der Waals surface area contributed by atoms with Crippen molar-refractivity contribution >= 4 is 11.8 Å². The van der Waals surface area contributed by atoms with Crippen LogP contribution in [0.2, 0.25) is 0 Å². The third-order valence-electron chi connectivity index (χ3n) is 6.93. The minimum absolute atomic E-state index is 0.0226. The molecule has 0 unspecified atom stereocenters. The molecule has 4 rings (SSSR count). The summed E-state index contributed by atoms with van der Waals surface area (Å²) in [5.74, 6) is 0.427. The maximum atomic E-state index is 12.7. The van der Waals surface area contributed by atoms with Gasteiger partial charge in [-0.3, -0.25) is 9.59 Å². The molecule has 1 N–H and O–H groups in total. The average molecular weight is 401 g/mol. The molecule has 0 aromatic heterocycles. The van der Waals surface area contributed by atoms with Gasteiger partial charge in [-0.2, -0.15) is 0 Å². The Morgan fingerprint density at radius 2 is 1.86 bits per heavy atom. The second-order valence-electron chi connectivity index (χ2n) is 8.94. The first kappa shape index (κ1) is 20.4. The van der Waals surface area contributed by atoms with Gasteiger partial charge in [-0.25, -0.2) is 0 Å². The normalized spacial score (nSPS) is 24.3. The van der Waals surface area contributed by atoms with Crippen LogP contribution in [-0.2, 0) is 27.4 Å². The van der Waals surface area contributed by atoms with Crippen LogP contribution in [0.3, 0.4) is 0 Å². The quantitative estimate of drug-likeness (QED) is 0.822. The molecule has 3 fully saturated rings. The van der Waals surface area contributed by atoms with E-state index in [0.29, 0.717) is 12.8 Å². The fourth-order valence-corrected chi connectivity index (χ4v) is 4.99. The summed E-state index contributed by atoms with van der Waals surface area (Å²) in [6, 6.07) is 7.58. The highest BCUT2D eigenvalue weighted by atomic mass is 16.5. The van der Waals surface area contributed by atoms with Crippen LogP contribution in [0.4, 0.5) is 0 Å². The van der Waals surface area contributed by atoms with Crippen LogP contribution in [-0.4, -0.2) is 65.6 Å². The number of likely N-dealkylation sites (tertiary alicyclic amines) is 2. The molecule has 3 saturated heterocycles. The molecule has 0 aliphatic carbocycles. The van der Waals surface area contributed by atoms with Gasteiger partial charge in [0, 0.05) is 39.2 Å². The van der Waals surface area contributed by atoms with Crippen molar-refractivity contribution < 1.29 is 19.4 Å². The summed E-state index contributed by atoms with van der Waals surface area (Å²) in [6.07, 6.45) is 6.26. The predicted octanol–water partition coefficient (Wildman–Crippen LogP) is 2.13. The number of ether oxygens (including phenoxy) is 1. The third kappa shape index (κ3) is 4.81. The molecule has 158 valence electrons. The molecule has 1 aromatic rings. The maximum Gasteiger partial charge on any atom is 0.226 e. The van der Waals surface area contributed by atoms with Crippen molar-refractivity contribution in [3.63, 3.8) is 0 Å². The maximum absolute atomic E-state index is 12.7. The summed E-state index contributed by atoms with van der Waals surface area (Å²) in [5.41, 5.74) is 2.01. The lowest BCUT2D eigenvalue weighted by molar-refractivity contribution is -0.143. The van der Waals surface area contributed by atoms with Crippen LogP contribution in [0.25, 0.3) is 0 Å². The Kier molecular flexibility index (Phi) is 6.20. The Hall–Kier alpha value is -1.92. The van der Waals surface area contributed by atoms with Crippen LogP contribution in [0.5, 0.6) is 0 Å². The van der Waals surface area contributed by atoms with Crippen molar-refractivity contribution in [1.29, 1.82) is 0 Å². The van der Waals surface area contributed by atoms with E-state index in [1.54, 1.807) is 0 Å². The first-order valence-electron chi connectivity index (χ1n) is 10.9. The molecule has 6 nitrogen and oxygen atoms in total. The third-order valence-corrected chi connectivity index (χ3v) is 6.93. The molecule has 0 saturated carbocycles.